The normalized spacial score (nSPS) is 16.7. The van der Waals surface area contributed by atoms with Gasteiger partial charge in [0.15, 0.2) is 0 Å². The predicted octanol–water partition coefficient (Wildman–Crippen LogP) is 3.51. The number of urea groups is 1. The molecule has 1 fully saturated rings. The Balaban J connectivity index is 1.65. The van der Waals surface area contributed by atoms with Crippen molar-refractivity contribution >= 4 is 23.3 Å². The molecule has 0 saturated carbocycles. The maximum absolute atomic E-state index is 13.6. The Kier molecular flexibility index (Phi) is 4.88. The van der Waals surface area contributed by atoms with Crippen molar-refractivity contribution in [3.8, 4) is 0 Å². The van der Waals surface area contributed by atoms with Crippen molar-refractivity contribution in [1.29, 1.82) is 0 Å². The molecular formula is C19H19F2N3O2. The minimum Gasteiger partial charge on any atom is -0.326 e. The van der Waals surface area contributed by atoms with E-state index in [0.29, 0.717) is 19.0 Å². The summed E-state index contributed by atoms with van der Waals surface area (Å²) in [5.41, 5.74) is 2.74. The van der Waals surface area contributed by atoms with Gasteiger partial charge in [-0.15, -0.1) is 0 Å². The molecule has 1 saturated heterocycles. The summed E-state index contributed by atoms with van der Waals surface area (Å²) in [6, 6.07) is 7.30. The fraction of sp³-hybridized carbons (Fsp3) is 0.263. The summed E-state index contributed by atoms with van der Waals surface area (Å²) in [5, 5.41) is 4.84. The zero-order valence-corrected chi connectivity index (χ0v) is 14.5. The fourth-order valence-electron chi connectivity index (χ4n) is 3.08. The molecule has 26 heavy (non-hydrogen) atoms. The van der Waals surface area contributed by atoms with Crippen LogP contribution in [0.25, 0.3) is 0 Å². The fourth-order valence-corrected chi connectivity index (χ4v) is 3.08. The quantitative estimate of drug-likeness (QED) is 0.881. The predicted molar refractivity (Wildman–Crippen MR) is 95.2 cm³/mol. The van der Waals surface area contributed by atoms with Gasteiger partial charge in [0.1, 0.15) is 17.7 Å². The third kappa shape index (κ3) is 3.82. The van der Waals surface area contributed by atoms with Crippen LogP contribution in [-0.2, 0) is 4.79 Å². The van der Waals surface area contributed by atoms with Crippen LogP contribution in [0.5, 0.6) is 0 Å². The van der Waals surface area contributed by atoms with Crippen LogP contribution in [0.15, 0.2) is 36.4 Å². The number of anilines is 2. The second-order valence-electron chi connectivity index (χ2n) is 6.40. The summed E-state index contributed by atoms with van der Waals surface area (Å²) >= 11 is 0. The van der Waals surface area contributed by atoms with Crippen LogP contribution < -0.4 is 15.5 Å². The van der Waals surface area contributed by atoms with Crippen LogP contribution in [0.1, 0.15) is 17.5 Å². The molecule has 1 aliphatic rings. The van der Waals surface area contributed by atoms with Gasteiger partial charge in [-0.25, -0.2) is 13.6 Å². The van der Waals surface area contributed by atoms with E-state index in [1.807, 2.05) is 32.0 Å². The first-order valence-corrected chi connectivity index (χ1v) is 8.26. The number of nitrogens with zero attached hydrogens (tertiary/aromatic N) is 1. The van der Waals surface area contributed by atoms with Crippen molar-refractivity contribution in [2.75, 3.05) is 16.8 Å². The number of carbonyl (C=O) groups is 2. The molecule has 1 atom stereocenters. The molecule has 1 aliphatic heterocycles. The maximum Gasteiger partial charge on any atom is 0.319 e. The summed E-state index contributed by atoms with van der Waals surface area (Å²) in [6.45, 7) is 4.40. The van der Waals surface area contributed by atoms with Gasteiger partial charge in [0.05, 0.1) is 5.69 Å². The van der Waals surface area contributed by atoms with E-state index >= 15 is 0 Å². The van der Waals surface area contributed by atoms with Crippen LogP contribution in [0.3, 0.4) is 0 Å². The van der Waals surface area contributed by atoms with E-state index in [2.05, 4.69) is 10.6 Å². The van der Waals surface area contributed by atoms with Gasteiger partial charge in [-0.1, -0.05) is 6.07 Å². The van der Waals surface area contributed by atoms with Gasteiger partial charge in [-0.2, -0.15) is 0 Å². The molecule has 0 radical (unpaired) electrons. The number of hydrogen-bond donors (Lipinski definition) is 2. The van der Waals surface area contributed by atoms with Gasteiger partial charge in [-0.05, 0) is 55.7 Å². The van der Waals surface area contributed by atoms with E-state index in [9.17, 15) is 18.4 Å². The van der Waals surface area contributed by atoms with E-state index in [1.165, 1.54) is 0 Å². The lowest BCUT2D eigenvalue weighted by Crippen LogP contribution is -2.43. The van der Waals surface area contributed by atoms with Crippen LogP contribution in [0.4, 0.5) is 25.0 Å². The van der Waals surface area contributed by atoms with Crippen molar-refractivity contribution in [1.82, 2.24) is 5.32 Å². The number of nitrogens with one attached hydrogen (secondary N) is 2. The third-order valence-corrected chi connectivity index (χ3v) is 4.21. The second kappa shape index (κ2) is 7.11. The van der Waals surface area contributed by atoms with Crippen molar-refractivity contribution in [3.05, 3.63) is 59.2 Å². The number of carbonyl (C=O) groups excluding carboxylic acids is 2. The zero-order valence-electron chi connectivity index (χ0n) is 14.5. The minimum atomic E-state index is -0.880. The van der Waals surface area contributed by atoms with Gasteiger partial charge in [-0.3, -0.25) is 4.79 Å². The third-order valence-electron chi connectivity index (χ3n) is 4.21. The first-order valence-electron chi connectivity index (χ1n) is 8.26. The summed E-state index contributed by atoms with van der Waals surface area (Å²) in [4.78, 5) is 26.3. The largest absolute Gasteiger partial charge is 0.326 e. The summed E-state index contributed by atoms with van der Waals surface area (Å²) in [7, 11) is 0. The molecule has 1 heterocycles. The highest BCUT2D eigenvalue weighted by molar-refractivity contribution is 6.02. The minimum absolute atomic E-state index is 0.152. The van der Waals surface area contributed by atoms with Crippen LogP contribution >= 0.6 is 0 Å². The highest BCUT2D eigenvalue weighted by atomic mass is 19.1. The SMILES string of the molecule is Cc1cc(C)cc(N2CC[C@H](NC(=O)Nc3ccc(F)cc3F)C2=O)c1. The lowest BCUT2D eigenvalue weighted by atomic mass is 10.1. The van der Waals surface area contributed by atoms with Crippen molar-refractivity contribution < 1.29 is 18.4 Å². The molecule has 3 rings (SSSR count). The van der Waals surface area contributed by atoms with Gasteiger partial charge in [0.2, 0.25) is 5.91 Å². The highest BCUT2D eigenvalue weighted by Gasteiger charge is 2.33. The van der Waals surface area contributed by atoms with E-state index < -0.39 is 23.7 Å². The average molecular weight is 359 g/mol. The van der Waals surface area contributed by atoms with Gasteiger partial charge < -0.3 is 15.5 Å². The van der Waals surface area contributed by atoms with E-state index in [4.69, 9.17) is 0 Å². The molecule has 0 aromatic heterocycles. The number of hydrogen-bond acceptors (Lipinski definition) is 2. The number of rotatable bonds is 3. The number of halogens is 2. The molecule has 2 aromatic carbocycles. The summed E-state index contributed by atoms with van der Waals surface area (Å²) < 4.78 is 26.5. The second-order valence-corrected chi connectivity index (χ2v) is 6.40. The lowest BCUT2D eigenvalue weighted by Gasteiger charge is -2.18. The van der Waals surface area contributed by atoms with Crippen LogP contribution in [-0.4, -0.2) is 24.5 Å². The Morgan fingerprint density at radius 3 is 2.46 bits per heavy atom. The van der Waals surface area contributed by atoms with Crippen LogP contribution in [0.2, 0.25) is 0 Å². The summed E-state index contributed by atoms with van der Waals surface area (Å²) in [6.07, 6.45) is 0.450. The molecule has 136 valence electrons. The Hall–Kier alpha value is -2.96. The Bertz CT molecular complexity index is 850. The molecule has 2 aromatic rings. The zero-order chi connectivity index (χ0) is 18.8. The standard InChI is InChI=1S/C19H19F2N3O2/c1-11-7-12(2)9-14(8-11)24-6-5-17(18(24)25)23-19(26)22-16-4-3-13(20)10-15(16)21/h3-4,7-10,17H,5-6H2,1-2H3,(H2,22,23,26)/t17-/m0/s1. The Morgan fingerprint density at radius 2 is 1.81 bits per heavy atom. The number of aryl methyl sites for hydroxylation is 2. The van der Waals surface area contributed by atoms with Gasteiger partial charge in [0.25, 0.3) is 0 Å². The Morgan fingerprint density at radius 1 is 1.12 bits per heavy atom. The van der Waals surface area contributed by atoms with Gasteiger partial charge >= 0.3 is 6.03 Å². The molecule has 0 spiro atoms. The molecule has 5 nitrogen and oxygen atoms in total. The van der Waals surface area contributed by atoms with E-state index in [0.717, 1.165) is 28.9 Å². The van der Waals surface area contributed by atoms with E-state index in [-0.39, 0.29) is 11.6 Å². The van der Waals surface area contributed by atoms with Crippen molar-refractivity contribution in [2.24, 2.45) is 0 Å². The van der Waals surface area contributed by atoms with E-state index in [1.54, 1.807) is 4.90 Å². The first-order chi connectivity index (χ1) is 12.3. The molecule has 0 unspecified atom stereocenters. The average Bonchev–Trinajstić information content (AvgIpc) is 2.90. The maximum atomic E-state index is 13.6. The van der Waals surface area contributed by atoms with Crippen molar-refractivity contribution in [2.45, 2.75) is 26.3 Å². The monoisotopic (exact) mass is 359 g/mol. The molecule has 3 amide bonds. The smallest absolute Gasteiger partial charge is 0.319 e. The van der Waals surface area contributed by atoms with Crippen LogP contribution in [0, 0.1) is 25.5 Å². The number of amides is 3. The van der Waals surface area contributed by atoms with Gasteiger partial charge in [0, 0.05) is 18.3 Å². The first kappa shape index (κ1) is 17.8. The highest BCUT2D eigenvalue weighted by Crippen LogP contribution is 2.24. The van der Waals surface area contributed by atoms with Crippen molar-refractivity contribution in [3.63, 3.8) is 0 Å². The topological polar surface area (TPSA) is 61.4 Å². The molecule has 7 heteroatoms. The lowest BCUT2D eigenvalue weighted by molar-refractivity contribution is -0.118. The molecule has 0 bridgehead atoms. The Labute approximate surface area is 150 Å². The summed E-state index contributed by atoms with van der Waals surface area (Å²) in [5.74, 6) is -1.83. The molecule has 0 aliphatic carbocycles. The molecule has 2 N–H and O–H groups in total. The number of benzene rings is 2. The molecular weight excluding hydrogens is 340 g/mol.